The summed E-state index contributed by atoms with van der Waals surface area (Å²) in [6.45, 7) is 0. The van der Waals surface area contributed by atoms with Gasteiger partial charge in [0.15, 0.2) is 22.8 Å². The third kappa shape index (κ3) is 2.78. The Morgan fingerprint density at radius 2 is 2.19 bits per heavy atom. The fourth-order valence-electron chi connectivity index (χ4n) is 2.12. The van der Waals surface area contributed by atoms with Crippen LogP contribution in [0, 0.1) is 5.82 Å². The first kappa shape index (κ1) is 14.1. The summed E-state index contributed by atoms with van der Waals surface area (Å²) in [5.74, 6) is -4.82. The largest absolute Gasteiger partial charge is 0.464 e. The summed E-state index contributed by atoms with van der Waals surface area (Å²) < 4.78 is 45.5. The molecule has 0 radical (unpaired) electrons. The van der Waals surface area contributed by atoms with Gasteiger partial charge in [0.1, 0.15) is 10.3 Å². The summed E-state index contributed by atoms with van der Waals surface area (Å²) in [5.41, 5.74) is 5.74. The monoisotopic (exact) mass is 317 g/mol. The number of nitrogen functional groups attached to an aromatic ring is 1. The third-order valence-electron chi connectivity index (χ3n) is 3.16. The zero-order valence-corrected chi connectivity index (χ0v) is 11.4. The summed E-state index contributed by atoms with van der Waals surface area (Å²) in [7, 11) is 0. The van der Waals surface area contributed by atoms with E-state index in [2.05, 4.69) is 9.97 Å². The van der Waals surface area contributed by atoms with E-state index in [0.717, 1.165) is 17.4 Å². The second-order valence-corrected chi connectivity index (χ2v) is 5.79. The number of carbonyl (C=O) groups is 1. The molecule has 21 heavy (non-hydrogen) atoms. The molecule has 5 nitrogen and oxygen atoms in total. The van der Waals surface area contributed by atoms with Gasteiger partial charge in [-0.3, -0.25) is 4.79 Å². The number of thiazole rings is 1. The van der Waals surface area contributed by atoms with E-state index in [1.807, 2.05) is 0 Å². The Balaban J connectivity index is 1.89. The van der Waals surface area contributed by atoms with E-state index in [1.165, 1.54) is 0 Å². The van der Waals surface area contributed by atoms with Crippen LogP contribution in [0.2, 0.25) is 0 Å². The summed E-state index contributed by atoms with van der Waals surface area (Å²) in [5, 5.41) is 0.203. The van der Waals surface area contributed by atoms with Crippen molar-refractivity contribution in [3.8, 4) is 5.88 Å². The molecule has 112 valence electrons. The highest BCUT2D eigenvalue weighted by Gasteiger charge is 2.42. The van der Waals surface area contributed by atoms with Gasteiger partial charge in [0.2, 0.25) is 0 Å². The number of aromatic nitrogens is 2. The van der Waals surface area contributed by atoms with Gasteiger partial charge in [-0.1, -0.05) is 11.3 Å². The second kappa shape index (κ2) is 4.83. The van der Waals surface area contributed by atoms with Crippen LogP contribution in [-0.2, 0) is 4.79 Å². The molecule has 0 amide bonds. The minimum absolute atomic E-state index is 0.203. The van der Waals surface area contributed by atoms with Gasteiger partial charge in [-0.05, 0) is 0 Å². The van der Waals surface area contributed by atoms with Crippen molar-refractivity contribution >= 4 is 32.6 Å². The van der Waals surface area contributed by atoms with Gasteiger partial charge in [0.05, 0.1) is 6.42 Å². The molecule has 1 unspecified atom stereocenters. The normalized spacial score (nSPS) is 21.7. The first-order valence-electron chi connectivity index (χ1n) is 6.14. The van der Waals surface area contributed by atoms with E-state index in [1.54, 1.807) is 0 Å². The molecule has 3 rings (SSSR count). The second-order valence-electron chi connectivity index (χ2n) is 4.78. The summed E-state index contributed by atoms with van der Waals surface area (Å²) >= 11 is 1.01. The molecule has 1 aliphatic carbocycles. The minimum Gasteiger partial charge on any atom is -0.464 e. The molecular weight excluding hydrogens is 307 g/mol. The van der Waals surface area contributed by atoms with E-state index in [4.69, 9.17) is 10.5 Å². The molecule has 0 spiro atoms. The van der Waals surface area contributed by atoms with Crippen LogP contribution in [0.4, 0.5) is 18.3 Å². The van der Waals surface area contributed by atoms with Gasteiger partial charge < -0.3 is 10.5 Å². The molecule has 1 atom stereocenters. The number of anilines is 1. The Bertz CT molecular complexity index is 719. The van der Waals surface area contributed by atoms with E-state index < -0.39 is 42.3 Å². The number of rotatable bonds is 2. The van der Waals surface area contributed by atoms with Crippen LogP contribution < -0.4 is 10.5 Å². The standard InChI is InChI=1S/C12H10F3N3O2S/c13-5-3-6-10(21-11(16)17-6)18-9(5)20-8-4-12(14,15)2-1-7(8)19/h3,8H,1-2,4H2,(H2,16,17). The fraction of sp³-hybridized carbons (Fsp3) is 0.417. The molecule has 0 aliphatic heterocycles. The van der Waals surface area contributed by atoms with Crippen molar-refractivity contribution in [3.63, 3.8) is 0 Å². The van der Waals surface area contributed by atoms with Crippen LogP contribution in [0.15, 0.2) is 6.07 Å². The Kier molecular flexibility index (Phi) is 3.23. The van der Waals surface area contributed by atoms with Crippen LogP contribution in [0.3, 0.4) is 0 Å². The zero-order chi connectivity index (χ0) is 15.2. The minimum atomic E-state index is -2.99. The number of fused-ring (bicyclic) bond motifs is 1. The highest BCUT2D eigenvalue weighted by atomic mass is 32.1. The van der Waals surface area contributed by atoms with Crippen LogP contribution in [-0.4, -0.2) is 27.8 Å². The summed E-state index contributed by atoms with van der Waals surface area (Å²) in [6.07, 6.45) is -2.96. The van der Waals surface area contributed by atoms with Crippen LogP contribution >= 0.6 is 11.3 Å². The van der Waals surface area contributed by atoms with Gasteiger partial charge in [-0.2, -0.15) is 4.98 Å². The van der Waals surface area contributed by atoms with Crippen LogP contribution in [0.5, 0.6) is 5.88 Å². The molecule has 2 aromatic rings. The number of Topliss-reactive ketones (excluding diaryl/α,β-unsaturated/α-hetero) is 1. The molecule has 0 aromatic carbocycles. The molecule has 1 saturated carbocycles. The van der Waals surface area contributed by atoms with Crippen molar-refractivity contribution in [2.24, 2.45) is 0 Å². The average Bonchev–Trinajstić information content (AvgIpc) is 2.73. The summed E-state index contributed by atoms with van der Waals surface area (Å²) in [4.78, 5) is 19.7. The van der Waals surface area contributed by atoms with Crippen molar-refractivity contribution in [3.05, 3.63) is 11.9 Å². The number of ketones is 1. The van der Waals surface area contributed by atoms with Gasteiger partial charge in [0, 0.05) is 18.9 Å². The van der Waals surface area contributed by atoms with E-state index in [0.29, 0.717) is 4.83 Å². The molecule has 9 heteroatoms. The number of nitrogens with zero attached hydrogens (tertiary/aromatic N) is 2. The van der Waals surface area contributed by atoms with Crippen molar-refractivity contribution in [2.75, 3.05) is 5.73 Å². The van der Waals surface area contributed by atoms with Crippen molar-refractivity contribution in [2.45, 2.75) is 31.3 Å². The highest BCUT2D eigenvalue weighted by molar-refractivity contribution is 7.21. The lowest BCUT2D eigenvalue weighted by molar-refractivity contribution is -0.140. The lowest BCUT2D eigenvalue weighted by Gasteiger charge is -2.27. The number of carbonyl (C=O) groups excluding carboxylic acids is 1. The first-order valence-corrected chi connectivity index (χ1v) is 6.95. The number of pyridine rings is 1. The molecular formula is C12H10F3N3O2S. The maximum absolute atomic E-state index is 13.8. The molecule has 1 aliphatic rings. The Labute approximate surface area is 120 Å². The van der Waals surface area contributed by atoms with Crippen molar-refractivity contribution in [1.82, 2.24) is 9.97 Å². The topological polar surface area (TPSA) is 78.1 Å². The molecule has 2 aromatic heterocycles. The van der Waals surface area contributed by atoms with Gasteiger partial charge in [-0.15, -0.1) is 0 Å². The molecule has 0 saturated heterocycles. The number of hydrogen-bond acceptors (Lipinski definition) is 6. The van der Waals surface area contributed by atoms with Gasteiger partial charge in [-0.25, -0.2) is 18.2 Å². The first-order chi connectivity index (χ1) is 9.84. The number of nitrogens with two attached hydrogens (primary N) is 1. The fourth-order valence-corrected chi connectivity index (χ4v) is 2.80. The number of ether oxygens (including phenoxy) is 1. The van der Waals surface area contributed by atoms with Gasteiger partial charge in [0.25, 0.3) is 11.8 Å². The van der Waals surface area contributed by atoms with E-state index in [-0.39, 0.29) is 17.1 Å². The predicted molar refractivity (Wildman–Crippen MR) is 70.0 cm³/mol. The summed E-state index contributed by atoms with van der Waals surface area (Å²) in [6, 6.07) is 1.05. The molecule has 2 heterocycles. The Morgan fingerprint density at radius 3 is 2.95 bits per heavy atom. The van der Waals surface area contributed by atoms with Crippen LogP contribution in [0.1, 0.15) is 19.3 Å². The van der Waals surface area contributed by atoms with E-state index in [9.17, 15) is 18.0 Å². The predicted octanol–water partition coefficient (Wildman–Crippen LogP) is 2.55. The lowest BCUT2D eigenvalue weighted by Crippen LogP contribution is -2.40. The number of halogens is 3. The Morgan fingerprint density at radius 1 is 1.43 bits per heavy atom. The van der Waals surface area contributed by atoms with Crippen LogP contribution in [0.25, 0.3) is 10.3 Å². The molecule has 0 bridgehead atoms. The smallest absolute Gasteiger partial charge is 0.252 e. The number of alkyl halides is 2. The number of hydrogen-bond donors (Lipinski definition) is 1. The molecule has 2 N–H and O–H groups in total. The third-order valence-corrected chi connectivity index (χ3v) is 3.95. The quantitative estimate of drug-likeness (QED) is 0.921. The maximum atomic E-state index is 13.8. The zero-order valence-electron chi connectivity index (χ0n) is 10.6. The SMILES string of the molecule is Nc1nc2cc(F)c(OC3CC(F)(F)CCC3=O)nc2s1. The van der Waals surface area contributed by atoms with Gasteiger partial charge >= 0.3 is 0 Å². The van der Waals surface area contributed by atoms with E-state index >= 15 is 0 Å². The molecule has 1 fully saturated rings. The maximum Gasteiger partial charge on any atom is 0.252 e. The average molecular weight is 317 g/mol. The highest BCUT2D eigenvalue weighted by Crippen LogP contribution is 2.34. The Hall–Kier alpha value is -1.90. The van der Waals surface area contributed by atoms with Crippen molar-refractivity contribution < 1.29 is 22.7 Å². The lowest BCUT2D eigenvalue weighted by atomic mass is 9.93. The van der Waals surface area contributed by atoms with Crippen molar-refractivity contribution in [1.29, 1.82) is 0 Å².